The van der Waals surface area contributed by atoms with E-state index in [0.717, 1.165) is 51.4 Å². The Morgan fingerprint density at radius 1 is 0.667 bits per heavy atom. The average molecular weight is 341 g/mol. The van der Waals surface area contributed by atoms with Crippen LogP contribution in [0.4, 0.5) is 0 Å². The van der Waals surface area contributed by atoms with Crippen LogP contribution in [-0.2, 0) is 19.1 Å². The quantitative estimate of drug-likeness (QED) is 0.369. The number of hydrogen-bond donors (Lipinski definition) is 0. The van der Waals surface area contributed by atoms with Crippen molar-refractivity contribution in [3.63, 3.8) is 0 Å². The third kappa shape index (κ3) is 8.70. The van der Waals surface area contributed by atoms with Gasteiger partial charge in [0.1, 0.15) is 0 Å². The van der Waals surface area contributed by atoms with Gasteiger partial charge >= 0.3 is 11.9 Å². The first-order valence-corrected chi connectivity index (χ1v) is 10.0. The van der Waals surface area contributed by atoms with Crippen LogP contribution in [0.5, 0.6) is 0 Å². The molecule has 0 aromatic heterocycles. The van der Waals surface area contributed by atoms with E-state index in [1.54, 1.807) is 0 Å². The molecule has 0 aromatic rings. The van der Waals surface area contributed by atoms with Crippen molar-refractivity contribution in [1.82, 2.24) is 0 Å². The van der Waals surface area contributed by atoms with Gasteiger partial charge in [0.15, 0.2) is 0 Å². The molecule has 1 saturated carbocycles. The smallest absolute Gasteiger partial charge is 0.308 e. The summed E-state index contributed by atoms with van der Waals surface area (Å²) in [7, 11) is 0. The van der Waals surface area contributed by atoms with Crippen LogP contribution in [-0.4, -0.2) is 25.2 Å². The lowest BCUT2D eigenvalue weighted by Gasteiger charge is -2.26. The minimum atomic E-state index is -0.0812. The molecular formula is C20H36O4. The predicted molar refractivity (Wildman–Crippen MR) is 95.7 cm³/mol. The van der Waals surface area contributed by atoms with Crippen molar-refractivity contribution in [3.05, 3.63) is 0 Å². The zero-order valence-corrected chi connectivity index (χ0v) is 15.7. The fraction of sp³-hybridized carbons (Fsp3) is 0.900. The van der Waals surface area contributed by atoms with E-state index >= 15 is 0 Å². The second kappa shape index (κ2) is 13.3. The Morgan fingerprint density at radius 2 is 1.08 bits per heavy atom. The van der Waals surface area contributed by atoms with Gasteiger partial charge in [-0.25, -0.2) is 0 Å². The summed E-state index contributed by atoms with van der Waals surface area (Å²) >= 11 is 0. The molecule has 4 nitrogen and oxygen atoms in total. The molecule has 1 rings (SSSR count). The Labute approximate surface area is 147 Å². The molecule has 0 saturated heterocycles. The highest BCUT2D eigenvalue weighted by molar-refractivity contribution is 5.75. The molecule has 1 fully saturated rings. The largest absolute Gasteiger partial charge is 0.465 e. The Kier molecular flexibility index (Phi) is 11.6. The van der Waals surface area contributed by atoms with Crippen LogP contribution in [0, 0.1) is 11.8 Å². The van der Waals surface area contributed by atoms with Gasteiger partial charge in [-0.15, -0.1) is 0 Å². The van der Waals surface area contributed by atoms with E-state index in [9.17, 15) is 9.59 Å². The van der Waals surface area contributed by atoms with Crippen LogP contribution >= 0.6 is 0 Å². The Morgan fingerprint density at radius 3 is 1.58 bits per heavy atom. The van der Waals surface area contributed by atoms with E-state index in [1.165, 1.54) is 25.7 Å². The van der Waals surface area contributed by atoms with Gasteiger partial charge in [0.05, 0.1) is 25.0 Å². The first-order chi connectivity index (χ1) is 11.7. The van der Waals surface area contributed by atoms with Gasteiger partial charge in [-0.3, -0.25) is 9.59 Å². The summed E-state index contributed by atoms with van der Waals surface area (Å²) in [6.07, 6.45) is 12.1. The summed E-state index contributed by atoms with van der Waals surface area (Å²) in [5, 5.41) is 0. The molecule has 140 valence electrons. The molecular weight excluding hydrogens is 304 g/mol. The molecule has 4 heteroatoms. The highest BCUT2D eigenvalue weighted by Gasteiger charge is 2.31. The van der Waals surface area contributed by atoms with Gasteiger partial charge < -0.3 is 9.47 Å². The van der Waals surface area contributed by atoms with Crippen LogP contribution < -0.4 is 0 Å². The molecule has 0 radical (unpaired) electrons. The average Bonchev–Trinajstić information content (AvgIpc) is 2.61. The molecule has 0 atom stereocenters. The molecule has 0 aliphatic heterocycles. The molecule has 0 aromatic carbocycles. The number of ether oxygens (including phenoxy) is 2. The first-order valence-electron chi connectivity index (χ1n) is 10.0. The van der Waals surface area contributed by atoms with Crippen molar-refractivity contribution in [2.75, 3.05) is 13.2 Å². The molecule has 0 N–H and O–H groups in total. The lowest BCUT2D eigenvalue weighted by Crippen LogP contribution is -2.28. The van der Waals surface area contributed by atoms with Gasteiger partial charge in [-0.05, 0) is 38.5 Å². The van der Waals surface area contributed by atoms with Gasteiger partial charge in [0, 0.05) is 0 Å². The highest BCUT2D eigenvalue weighted by Crippen LogP contribution is 2.30. The first kappa shape index (κ1) is 21.0. The van der Waals surface area contributed by atoms with Crippen LogP contribution in [0.3, 0.4) is 0 Å². The summed E-state index contributed by atoms with van der Waals surface area (Å²) in [5.41, 5.74) is 0. The van der Waals surface area contributed by atoms with Crippen LogP contribution in [0.2, 0.25) is 0 Å². The van der Waals surface area contributed by atoms with E-state index in [1.807, 2.05) is 0 Å². The Hall–Kier alpha value is -1.06. The molecule has 1 aliphatic carbocycles. The van der Waals surface area contributed by atoms with Crippen LogP contribution in [0.15, 0.2) is 0 Å². The number of esters is 2. The van der Waals surface area contributed by atoms with E-state index in [0.29, 0.717) is 13.2 Å². The molecule has 24 heavy (non-hydrogen) atoms. The zero-order valence-electron chi connectivity index (χ0n) is 15.7. The summed E-state index contributed by atoms with van der Waals surface area (Å²) < 4.78 is 10.7. The fourth-order valence-corrected chi connectivity index (χ4v) is 3.17. The van der Waals surface area contributed by atoms with Crippen molar-refractivity contribution in [2.45, 2.75) is 90.9 Å². The van der Waals surface area contributed by atoms with E-state index in [4.69, 9.17) is 9.47 Å². The Balaban J connectivity index is 2.09. The normalized spacial score (nSPS) is 20.6. The molecule has 0 unspecified atom stereocenters. The minimum Gasteiger partial charge on any atom is -0.465 e. The summed E-state index contributed by atoms with van der Waals surface area (Å²) in [6.45, 7) is 5.36. The van der Waals surface area contributed by atoms with Crippen molar-refractivity contribution < 1.29 is 19.1 Å². The number of rotatable bonds is 12. The molecule has 1 aliphatic rings. The summed E-state index contributed by atoms with van der Waals surface area (Å²) in [4.78, 5) is 24.0. The van der Waals surface area contributed by atoms with Crippen molar-refractivity contribution >= 4 is 11.9 Å². The molecule has 0 heterocycles. The molecule has 0 amide bonds. The maximum Gasteiger partial charge on any atom is 0.308 e. The van der Waals surface area contributed by atoms with Crippen LogP contribution in [0.1, 0.15) is 90.9 Å². The topological polar surface area (TPSA) is 52.6 Å². The van der Waals surface area contributed by atoms with Gasteiger partial charge in [0.25, 0.3) is 0 Å². The monoisotopic (exact) mass is 340 g/mol. The number of hydrogen-bond acceptors (Lipinski definition) is 4. The third-order valence-electron chi connectivity index (χ3n) is 4.88. The second-order valence-corrected chi connectivity index (χ2v) is 7.00. The van der Waals surface area contributed by atoms with E-state index in [-0.39, 0.29) is 23.8 Å². The van der Waals surface area contributed by atoms with Gasteiger partial charge in [-0.1, -0.05) is 52.4 Å². The third-order valence-corrected chi connectivity index (χ3v) is 4.88. The van der Waals surface area contributed by atoms with E-state index in [2.05, 4.69) is 13.8 Å². The van der Waals surface area contributed by atoms with Crippen molar-refractivity contribution in [3.8, 4) is 0 Å². The van der Waals surface area contributed by atoms with Gasteiger partial charge in [-0.2, -0.15) is 0 Å². The van der Waals surface area contributed by atoms with E-state index < -0.39 is 0 Å². The number of carbonyl (C=O) groups is 2. The molecule has 0 spiro atoms. The van der Waals surface area contributed by atoms with Crippen molar-refractivity contribution in [2.24, 2.45) is 11.8 Å². The standard InChI is InChI=1S/C20H36O4/c1-3-5-7-8-9-10-16-24-20(22)18-13-11-17(12-14-18)19(21)23-15-6-4-2/h17-18H,3-16H2,1-2H3. The lowest BCUT2D eigenvalue weighted by atomic mass is 9.82. The van der Waals surface area contributed by atoms with Gasteiger partial charge in [0.2, 0.25) is 0 Å². The second-order valence-electron chi connectivity index (χ2n) is 7.00. The summed E-state index contributed by atoms with van der Waals surface area (Å²) in [6, 6.07) is 0. The number of carbonyl (C=O) groups excluding carboxylic acids is 2. The SMILES string of the molecule is CCCCCCCCOC(=O)C1CCC(C(=O)OCCCC)CC1. The van der Waals surface area contributed by atoms with Crippen molar-refractivity contribution in [1.29, 1.82) is 0 Å². The lowest BCUT2D eigenvalue weighted by molar-refractivity contribution is -0.155. The highest BCUT2D eigenvalue weighted by atomic mass is 16.5. The number of unbranched alkanes of at least 4 members (excludes halogenated alkanes) is 6. The minimum absolute atomic E-state index is 0.0233. The maximum absolute atomic E-state index is 12.1. The van der Waals surface area contributed by atoms with Crippen LogP contribution in [0.25, 0.3) is 0 Å². The molecule has 0 bridgehead atoms. The Bertz CT molecular complexity index is 346. The predicted octanol–water partition coefficient (Wildman–Crippen LogP) is 5.04. The summed E-state index contributed by atoms with van der Waals surface area (Å²) in [5.74, 6) is -0.196. The fourth-order valence-electron chi connectivity index (χ4n) is 3.17. The maximum atomic E-state index is 12.1. The zero-order chi connectivity index (χ0) is 17.6.